The molecule has 2 aromatic heterocycles. The summed E-state index contributed by atoms with van der Waals surface area (Å²) >= 11 is 6.12. The Morgan fingerprint density at radius 3 is 2.73 bits per heavy atom. The largest absolute Gasteiger partial charge is 0.444 e. The first kappa shape index (κ1) is 25.7. The Bertz CT molecular complexity index is 1620. The number of fused-ring (bicyclic) bond motifs is 1. The average Bonchev–Trinajstić information content (AvgIpc) is 3.20. The quantitative estimate of drug-likeness (QED) is 0.357. The maximum Gasteiger partial charge on any atom is 0.407 e. The molecular formula is C27H25ClN6O3. The number of halogens is 1. The van der Waals surface area contributed by atoms with Crippen molar-refractivity contribution in [1.29, 1.82) is 5.26 Å². The first-order valence-corrected chi connectivity index (χ1v) is 11.8. The predicted molar refractivity (Wildman–Crippen MR) is 143 cm³/mol. The molecule has 0 aliphatic carbocycles. The summed E-state index contributed by atoms with van der Waals surface area (Å²) < 4.78 is 6.97. The highest BCUT2D eigenvalue weighted by atomic mass is 35.5. The molecule has 2 aromatic carbocycles. The maximum atomic E-state index is 12.4. The Balaban J connectivity index is 1.75. The van der Waals surface area contributed by atoms with Crippen LogP contribution in [-0.4, -0.2) is 31.7 Å². The predicted octanol–water partition coefficient (Wildman–Crippen LogP) is 5.07. The van der Waals surface area contributed by atoms with Crippen LogP contribution in [0.3, 0.4) is 0 Å². The number of nitriles is 1. The number of ether oxygens (including phenoxy) is 1. The molecule has 0 radical (unpaired) electrons. The first-order chi connectivity index (χ1) is 17.6. The highest BCUT2D eigenvalue weighted by Gasteiger charge is 2.18. The second-order valence-electron chi connectivity index (χ2n) is 9.36. The lowest BCUT2D eigenvalue weighted by atomic mass is 9.99. The summed E-state index contributed by atoms with van der Waals surface area (Å²) in [4.78, 5) is 24.6. The number of rotatable bonds is 5. The monoisotopic (exact) mass is 516 g/mol. The van der Waals surface area contributed by atoms with E-state index in [2.05, 4.69) is 26.7 Å². The third kappa shape index (κ3) is 5.88. The number of hydrogen-bond acceptors (Lipinski definition) is 6. The number of allylic oxidation sites excluding steroid dienone is 1. The number of carbonyl (C=O) groups is 1. The average molecular weight is 517 g/mol. The zero-order chi connectivity index (χ0) is 26.7. The van der Waals surface area contributed by atoms with Crippen molar-refractivity contribution in [2.75, 3.05) is 0 Å². The summed E-state index contributed by atoms with van der Waals surface area (Å²) in [6, 6.07) is 14.6. The van der Waals surface area contributed by atoms with Gasteiger partial charge in [0.15, 0.2) is 0 Å². The molecule has 0 unspecified atom stereocenters. The third-order valence-corrected chi connectivity index (χ3v) is 5.73. The molecule has 0 saturated heterocycles. The summed E-state index contributed by atoms with van der Waals surface area (Å²) in [7, 11) is 1.78. The van der Waals surface area contributed by atoms with Crippen LogP contribution >= 0.6 is 11.6 Å². The molecule has 4 rings (SSSR count). The van der Waals surface area contributed by atoms with E-state index in [-0.39, 0.29) is 12.1 Å². The fourth-order valence-electron chi connectivity index (χ4n) is 3.81. The van der Waals surface area contributed by atoms with E-state index in [0.29, 0.717) is 38.3 Å². The number of hydrogen-bond donors (Lipinski definition) is 2. The smallest absolute Gasteiger partial charge is 0.407 e. The SMILES string of the molecule is Cn1ncc(-c2ccc3c(=O)[nH]nc(CNC(=O)OC(C)(C)C)c3c2)c1/C=C(\C#N)c1cccc(Cl)c1. The van der Waals surface area contributed by atoms with Crippen LogP contribution in [0, 0.1) is 11.3 Å². The molecule has 188 valence electrons. The van der Waals surface area contributed by atoms with Crippen LogP contribution in [0.1, 0.15) is 37.7 Å². The molecule has 0 fully saturated rings. The zero-order valence-electron chi connectivity index (χ0n) is 20.8. The molecular weight excluding hydrogens is 492 g/mol. The Kier molecular flexibility index (Phi) is 7.14. The zero-order valence-corrected chi connectivity index (χ0v) is 21.6. The molecule has 37 heavy (non-hydrogen) atoms. The van der Waals surface area contributed by atoms with Gasteiger partial charge in [-0.25, -0.2) is 9.89 Å². The number of nitrogens with one attached hydrogen (secondary N) is 2. The van der Waals surface area contributed by atoms with E-state index in [1.165, 1.54) is 0 Å². The van der Waals surface area contributed by atoms with Crippen LogP contribution in [0.15, 0.2) is 53.5 Å². The van der Waals surface area contributed by atoms with Crippen molar-refractivity contribution in [3.8, 4) is 17.2 Å². The second-order valence-corrected chi connectivity index (χ2v) is 9.80. The van der Waals surface area contributed by atoms with Crippen LogP contribution in [-0.2, 0) is 18.3 Å². The van der Waals surface area contributed by atoms with Gasteiger partial charge < -0.3 is 10.1 Å². The molecule has 0 saturated carbocycles. The fraction of sp³-hybridized carbons (Fsp3) is 0.222. The van der Waals surface area contributed by atoms with E-state index in [1.807, 2.05) is 18.2 Å². The molecule has 0 aliphatic rings. The van der Waals surface area contributed by atoms with Gasteiger partial charge in [-0.05, 0) is 62.2 Å². The standard InChI is InChI=1S/C27H25ClN6O3/c1-27(2,3)37-26(36)30-15-23-21-11-17(8-9-20(21)25(35)33-32-23)22-14-31-34(4)24(22)12-18(13-29)16-6-5-7-19(28)10-16/h5-12,14H,15H2,1-4H3,(H,30,36)(H,33,35)/b18-12+. The van der Waals surface area contributed by atoms with Gasteiger partial charge in [0.1, 0.15) is 5.60 Å². The number of aromatic amines is 1. The molecule has 4 aromatic rings. The van der Waals surface area contributed by atoms with Crippen molar-refractivity contribution in [2.24, 2.45) is 7.05 Å². The number of carbonyl (C=O) groups excluding carboxylic acids is 1. The van der Waals surface area contributed by atoms with E-state index >= 15 is 0 Å². The summed E-state index contributed by atoms with van der Waals surface area (Å²) in [5.74, 6) is 0. The first-order valence-electron chi connectivity index (χ1n) is 11.4. The molecule has 0 bridgehead atoms. The highest BCUT2D eigenvalue weighted by molar-refractivity contribution is 6.30. The van der Waals surface area contributed by atoms with Gasteiger partial charge in [0.05, 0.1) is 41.2 Å². The lowest BCUT2D eigenvalue weighted by molar-refractivity contribution is 0.0523. The summed E-state index contributed by atoms with van der Waals surface area (Å²) in [6.07, 6.45) is 2.85. The summed E-state index contributed by atoms with van der Waals surface area (Å²) in [5, 5.41) is 25.0. The van der Waals surface area contributed by atoms with Crippen molar-refractivity contribution in [1.82, 2.24) is 25.3 Å². The number of alkyl carbamates (subject to hydrolysis) is 1. The Morgan fingerprint density at radius 2 is 2.03 bits per heavy atom. The molecule has 2 N–H and O–H groups in total. The number of benzene rings is 2. The summed E-state index contributed by atoms with van der Waals surface area (Å²) in [6.45, 7) is 5.38. The van der Waals surface area contributed by atoms with Gasteiger partial charge in [-0.2, -0.15) is 15.5 Å². The molecule has 0 spiro atoms. The number of aryl methyl sites for hydroxylation is 1. The molecule has 10 heteroatoms. The van der Waals surface area contributed by atoms with Crippen molar-refractivity contribution < 1.29 is 9.53 Å². The topological polar surface area (TPSA) is 126 Å². The van der Waals surface area contributed by atoms with Crippen molar-refractivity contribution in [2.45, 2.75) is 32.9 Å². The van der Waals surface area contributed by atoms with Crippen LogP contribution in [0.5, 0.6) is 0 Å². The van der Waals surface area contributed by atoms with Gasteiger partial charge in [-0.3, -0.25) is 9.48 Å². The molecule has 0 atom stereocenters. The van der Waals surface area contributed by atoms with E-state index in [4.69, 9.17) is 16.3 Å². The fourth-order valence-corrected chi connectivity index (χ4v) is 4.00. The third-order valence-electron chi connectivity index (χ3n) is 5.50. The number of nitrogens with zero attached hydrogens (tertiary/aromatic N) is 4. The van der Waals surface area contributed by atoms with Gasteiger partial charge in [0.2, 0.25) is 0 Å². The number of amides is 1. The minimum absolute atomic E-state index is 0.0544. The van der Waals surface area contributed by atoms with Gasteiger partial charge in [0, 0.05) is 23.0 Å². The summed E-state index contributed by atoms with van der Waals surface area (Å²) in [5.41, 5.74) is 2.81. The number of H-pyrrole nitrogens is 1. The Hall–Kier alpha value is -4.42. The van der Waals surface area contributed by atoms with Crippen LogP contribution in [0.4, 0.5) is 4.79 Å². The maximum absolute atomic E-state index is 12.4. The Labute approximate surface area is 218 Å². The lowest BCUT2D eigenvalue weighted by Crippen LogP contribution is -2.32. The van der Waals surface area contributed by atoms with E-state index in [0.717, 1.165) is 11.1 Å². The van der Waals surface area contributed by atoms with Crippen LogP contribution in [0.2, 0.25) is 5.02 Å². The Morgan fingerprint density at radius 1 is 1.24 bits per heavy atom. The van der Waals surface area contributed by atoms with Crippen molar-refractivity contribution >= 4 is 40.1 Å². The highest BCUT2D eigenvalue weighted by Crippen LogP contribution is 2.30. The van der Waals surface area contributed by atoms with E-state index in [1.54, 1.807) is 69.0 Å². The molecule has 0 aliphatic heterocycles. The molecule has 1 amide bonds. The van der Waals surface area contributed by atoms with E-state index < -0.39 is 11.7 Å². The van der Waals surface area contributed by atoms with Gasteiger partial charge >= 0.3 is 6.09 Å². The van der Waals surface area contributed by atoms with Crippen LogP contribution in [0.25, 0.3) is 33.5 Å². The second kappa shape index (κ2) is 10.3. The van der Waals surface area contributed by atoms with Gasteiger partial charge in [-0.1, -0.05) is 29.8 Å². The minimum atomic E-state index is -0.644. The van der Waals surface area contributed by atoms with Crippen molar-refractivity contribution in [3.63, 3.8) is 0 Å². The van der Waals surface area contributed by atoms with Crippen LogP contribution < -0.4 is 10.9 Å². The normalized spacial score (nSPS) is 11.8. The van der Waals surface area contributed by atoms with Gasteiger partial charge in [0.25, 0.3) is 5.56 Å². The van der Waals surface area contributed by atoms with Crippen molar-refractivity contribution in [3.05, 3.63) is 81.0 Å². The lowest BCUT2D eigenvalue weighted by Gasteiger charge is -2.19. The number of aromatic nitrogens is 4. The molecule has 9 nitrogen and oxygen atoms in total. The minimum Gasteiger partial charge on any atom is -0.444 e. The van der Waals surface area contributed by atoms with E-state index in [9.17, 15) is 14.9 Å². The molecule has 2 heterocycles. The van der Waals surface area contributed by atoms with Gasteiger partial charge in [-0.15, -0.1) is 0 Å².